The van der Waals surface area contributed by atoms with Crippen LogP contribution in [0.2, 0.25) is 0 Å². The molecule has 2 aromatic heterocycles. The highest BCUT2D eigenvalue weighted by atomic mass is 16.5. The van der Waals surface area contributed by atoms with Crippen molar-refractivity contribution in [2.45, 2.75) is 13.0 Å². The number of ether oxygens (including phenoxy) is 1. The van der Waals surface area contributed by atoms with Gasteiger partial charge in [-0.1, -0.05) is 18.2 Å². The number of fused-ring (bicyclic) bond motifs is 1. The lowest BCUT2D eigenvalue weighted by Crippen LogP contribution is -2.31. The predicted octanol–water partition coefficient (Wildman–Crippen LogP) is 2.81. The van der Waals surface area contributed by atoms with Crippen LogP contribution in [0.25, 0.3) is 11.0 Å². The Morgan fingerprint density at radius 2 is 2.04 bits per heavy atom. The molecule has 3 aromatic rings. The Morgan fingerprint density at radius 1 is 1.25 bits per heavy atom. The topological polar surface area (TPSA) is 73.5 Å². The molecule has 6 heteroatoms. The third kappa shape index (κ3) is 3.32. The van der Waals surface area contributed by atoms with E-state index in [1.807, 2.05) is 37.3 Å². The molecule has 0 spiro atoms. The van der Waals surface area contributed by atoms with Crippen molar-refractivity contribution in [1.82, 2.24) is 9.88 Å². The largest absolute Gasteiger partial charge is 0.459 e. The minimum Gasteiger partial charge on any atom is -0.459 e. The quantitative estimate of drug-likeness (QED) is 0.732. The normalized spacial score (nSPS) is 12.1. The van der Waals surface area contributed by atoms with E-state index in [1.54, 1.807) is 29.9 Å². The highest BCUT2D eigenvalue weighted by Gasteiger charge is 2.16. The fourth-order valence-electron chi connectivity index (χ4n) is 2.45. The maximum Gasteiger partial charge on any atom is 0.355 e. The molecular weight excluding hydrogens is 308 g/mol. The Bertz CT molecular complexity index is 845. The predicted molar refractivity (Wildman–Crippen MR) is 88.5 cm³/mol. The van der Waals surface area contributed by atoms with Crippen molar-refractivity contribution in [3.63, 3.8) is 0 Å². The van der Waals surface area contributed by atoms with Gasteiger partial charge in [0.2, 0.25) is 0 Å². The van der Waals surface area contributed by atoms with Gasteiger partial charge in [-0.05, 0) is 31.2 Å². The van der Waals surface area contributed by atoms with Gasteiger partial charge in [-0.3, -0.25) is 4.79 Å². The summed E-state index contributed by atoms with van der Waals surface area (Å²) in [6, 6.07) is 12.6. The third-order valence-corrected chi connectivity index (χ3v) is 3.74. The summed E-state index contributed by atoms with van der Waals surface area (Å²) in [6.45, 7) is 1.48. The number of rotatable bonds is 5. The molecule has 0 aliphatic heterocycles. The molecule has 3 rings (SSSR count). The molecule has 0 saturated carbocycles. The van der Waals surface area contributed by atoms with Gasteiger partial charge >= 0.3 is 5.97 Å². The summed E-state index contributed by atoms with van der Waals surface area (Å²) in [7, 11) is 1.74. The van der Waals surface area contributed by atoms with Crippen LogP contribution >= 0.6 is 0 Å². The van der Waals surface area contributed by atoms with Crippen LogP contribution in [0.1, 0.15) is 29.2 Å². The van der Waals surface area contributed by atoms with Gasteiger partial charge in [-0.2, -0.15) is 0 Å². The van der Waals surface area contributed by atoms with E-state index >= 15 is 0 Å². The van der Waals surface area contributed by atoms with Crippen LogP contribution in [0, 0.1) is 0 Å². The molecule has 2 heterocycles. The molecule has 124 valence electrons. The summed E-state index contributed by atoms with van der Waals surface area (Å²) in [5, 5.41) is 3.73. The SMILES string of the molecule is C[C@H](NC(=O)COC(=O)c1cccn1C)c1cc2ccccc2o1. The molecule has 0 saturated heterocycles. The van der Waals surface area contributed by atoms with Crippen LogP contribution in [-0.2, 0) is 16.6 Å². The Balaban J connectivity index is 1.56. The number of hydrogen-bond acceptors (Lipinski definition) is 4. The molecule has 0 aliphatic carbocycles. The number of benzene rings is 1. The van der Waals surface area contributed by atoms with Crippen LogP contribution in [-0.4, -0.2) is 23.1 Å². The summed E-state index contributed by atoms with van der Waals surface area (Å²) in [6.07, 6.45) is 1.74. The highest BCUT2D eigenvalue weighted by Crippen LogP contribution is 2.23. The number of nitrogens with zero attached hydrogens (tertiary/aromatic N) is 1. The second-order valence-electron chi connectivity index (χ2n) is 5.56. The first kappa shape index (κ1) is 15.9. The lowest BCUT2D eigenvalue weighted by Gasteiger charge is -2.11. The molecule has 0 radical (unpaired) electrons. The van der Waals surface area contributed by atoms with Gasteiger partial charge in [-0.15, -0.1) is 0 Å². The molecule has 0 fully saturated rings. The van der Waals surface area contributed by atoms with Crippen LogP contribution in [0.15, 0.2) is 53.1 Å². The second-order valence-corrected chi connectivity index (χ2v) is 5.56. The molecule has 24 heavy (non-hydrogen) atoms. The molecule has 0 aliphatic rings. The average molecular weight is 326 g/mol. The van der Waals surface area contributed by atoms with E-state index in [-0.39, 0.29) is 18.6 Å². The van der Waals surface area contributed by atoms with E-state index in [2.05, 4.69) is 5.32 Å². The van der Waals surface area contributed by atoms with Crippen molar-refractivity contribution in [2.24, 2.45) is 7.05 Å². The number of nitrogens with one attached hydrogen (secondary N) is 1. The fraction of sp³-hybridized carbons (Fsp3) is 0.222. The summed E-state index contributed by atoms with van der Waals surface area (Å²) >= 11 is 0. The molecule has 0 bridgehead atoms. The first-order chi connectivity index (χ1) is 11.5. The first-order valence-corrected chi connectivity index (χ1v) is 7.61. The minimum atomic E-state index is -0.533. The molecule has 1 aromatic carbocycles. The Kier molecular flexibility index (Phi) is 4.37. The van der Waals surface area contributed by atoms with Gasteiger partial charge in [0.1, 0.15) is 17.0 Å². The number of carbonyl (C=O) groups excluding carboxylic acids is 2. The first-order valence-electron chi connectivity index (χ1n) is 7.61. The molecule has 6 nitrogen and oxygen atoms in total. The smallest absolute Gasteiger partial charge is 0.355 e. The highest BCUT2D eigenvalue weighted by molar-refractivity contribution is 5.90. The maximum absolute atomic E-state index is 12.0. The van der Waals surface area contributed by atoms with Gasteiger partial charge < -0.3 is 19.0 Å². The van der Waals surface area contributed by atoms with Crippen LogP contribution in [0.5, 0.6) is 0 Å². The summed E-state index contributed by atoms with van der Waals surface area (Å²) in [4.78, 5) is 23.8. The Morgan fingerprint density at radius 3 is 2.75 bits per heavy atom. The Hall–Kier alpha value is -3.02. The molecule has 1 amide bonds. The van der Waals surface area contributed by atoms with Crippen molar-refractivity contribution in [3.8, 4) is 0 Å². The fourth-order valence-corrected chi connectivity index (χ4v) is 2.45. The average Bonchev–Trinajstić information content (AvgIpc) is 3.18. The van der Waals surface area contributed by atoms with Crippen LogP contribution in [0.3, 0.4) is 0 Å². The zero-order valence-corrected chi connectivity index (χ0v) is 13.5. The zero-order chi connectivity index (χ0) is 17.1. The van der Waals surface area contributed by atoms with Gasteiger partial charge in [0.25, 0.3) is 5.91 Å². The maximum atomic E-state index is 12.0. The number of para-hydroxylation sites is 1. The number of furan rings is 1. The van der Waals surface area contributed by atoms with Crippen molar-refractivity contribution >= 4 is 22.8 Å². The van der Waals surface area contributed by atoms with Crippen molar-refractivity contribution < 1.29 is 18.7 Å². The second kappa shape index (κ2) is 6.62. The van der Waals surface area contributed by atoms with Crippen molar-refractivity contribution in [2.75, 3.05) is 6.61 Å². The lowest BCUT2D eigenvalue weighted by molar-refractivity contribution is -0.125. The van der Waals surface area contributed by atoms with Crippen molar-refractivity contribution in [3.05, 3.63) is 60.1 Å². The summed E-state index contributed by atoms with van der Waals surface area (Å²) in [5.74, 6) is -0.266. The van der Waals surface area contributed by atoms with Crippen molar-refractivity contribution in [1.29, 1.82) is 0 Å². The van der Waals surface area contributed by atoms with Gasteiger partial charge in [0, 0.05) is 18.6 Å². The molecular formula is C18H18N2O4. The third-order valence-electron chi connectivity index (χ3n) is 3.74. The van der Waals surface area contributed by atoms with E-state index in [1.165, 1.54) is 0 Å². The van der Waals surface area contributed by atoms with Gasteiger partial charge in [0.05, 0.1) is 6.04 Å². The van der Waals surface area contributed by atoms with E-state index < -0.39 is 5.97 Å². The molecule has 0 unspecified atom stereocenters. The monoisotopic (exact) mass is 326 g/mol. The number of esters is 1. The standard InChI is InChI=1S/C18H18N2O4/c1-12(16-10-13-6-3-4-8-15(13)24-16)19-17(21)11-23-18(22)14-7-5-9-20(14)2/h3-10,12H,11H2,1-2H3,(H,19,21)/t12-/m0/s1. The Labute approximate surface area is 139 Å². The minimum absolute atomic E-state index is 0.321. The van der Waals surface area contributed by atoms with Crippen LogP contribution < -0.4 is 5.32 Å². The number of carbonyl (C=O) groups is 2. The molecule has 1 N–H and O–H groups in total. The van der Waals surface area contributed by atoms with E-state index in [9.17, 15) is 9.59 Å². The number of aryl methyl sites for hydroxylation is 1. The van der Waals surface area contributed by atoms with Gasteiger partial charge in [0.15, 0.2) is 6.61 Å². The van der Waals surface area contributed by atoms with Crippen LogP contribution in [0.4, 0.5) is 0 Å². The number of hydrogen-bond donors (Lipinski definition) is 1. The van der Waals surface area contributed by atoms with Gasteiger partial charge in [-0.25, -0.2) is 4.79 Å². The number of amides is 1. The summed E-state index contributed by atoms with van der Waals surface area (Å²) < 4.78 is 12.4. The zero-order valence-electron chi connectivity index (χ0n) is 13.5. The lowest BCUT2D eigenvalue weighted by atomic mass is 10.2. The summed E-state index contributed by atoms with van der Waals surface area (Å²) in [5.41, 5.74) is 1.16. The van der Waals surface area contributed by atoms with E-state index in [4.69, 9.17) is 9.15 Å². The van der Waals surface area contributed by atoms with E-state index in [0.29, 0.717) is 11.5 Å². The molecule has 1 atom stereocenters. The van der Waals surface area contributed by atoms with E-state index in [0.717, 1.165) is 11.0 Å². The number of aromatic nitrogens is 1.